The molecule has 0 aromatic heterocycles. The van der Waals surface area contributed by atoms with Crippen LogP contribution < -0.4 is 15.4 Å². The molecule has 8 heteroatoms. The van der Waals surface area contributed by atoms with Crippen molar-refractivity contribution in [2.75, 3.05) is 53.2 Å². The number of nitrogens with zero attached hydrogens (tertiary/aromatic N) is 2. The second kappa shape index (κ2) is 12.2. The van der Waals surface area contributed by atoms with E-state index in [1.165, 1.54) is 6.07 Å². The molecule has 2 aliphatic rings. The van der Waals surface area contributed by atoms with Crippen molar-refractivity contribution in [2.45, 2.75) is 45.8 Å². The lowest BCUT2D eigenvalue weighted by atomic mass is 9.92. The molecule has 1 fully saturated rings. The zero-order valence-electron chi connectivity index (χ0n) is 19.1. The molecule has 0 aliphatic carbocycles. The largest absolute Gasteiger partial charge is 0.467 e. The van der Waals surface area contributed by atoms with Gasteiger partial charge in [0.25, 0.3) is 0 Å². The minimum Gasteiger partial charge on any atom is -0.467 e. The van der Waals surface area contributed by atoms with Gasteiger partial charge in [-0.2, -0.15) is 0 Å². The Morgan fingerprint density at radius 3 is 2.65 bits per heavy atom. The minimum atomic E-state index is -0.260. The summed E-state index contributed by atoms with van der Waals surface area (Å²) in [6.07, 6.45) is 2.95. The van der Waals surface area contributed by atoms with E-state index in [1.54, 1.807) is 13.1 Å². The molecule has 174 valence electrons. The summed E-state index contributed by atoms with van der Waals surface area (Å²) >= 11 is 0. The molecule has 2 aliphatic heterocycles. The molecule has 31 heavy (non-hydrogen) atoms. The number of guanidine groups is 1. The first-order valence-electron chi connectivity index (χ1n) is 11.4. The Kier molecular flexibility index (Phi) is 9.36. The van der Waals surface area contributed by atoms with Gasteiger partial charge in [0.15, 0.2) is 12.8 Å². The number of ether oxygens (including phenoxy) is 3. The fraction of sp³-hybridized carbons (Fsp3) is 0.696. The van der Waals surface area contributed by atoms with Gasteiger partial charge in [0.05, 0.1) is 19.8 Å². The Balaban J connectivity index is 1.54. The Labute approximate surface area is 185 Å². The van der Waals surface area contributed by atoms with Gasteiger partial charge in [-0.1, -0.05) is 26.7 Å². The average molecular weight is 437 g/mol. The van der Waals surface area contributed by atoms with E-state index in [0.29, 0.717) is 31.5 Å². The van der Waals surface area contributed by atoms with Crippen LogP contribution in [0.2, 0.25) is 0 Å². The van der Waals surface area contributed by atoms with Crippen LogP contribution in [0.25, 0.3) is 0 Å². The van der Waals surface area contributed by atoms with Gasteiger partial charge < -0.3 is 24.8 Å². The van der Waals surface area contributed by atoms with Crippen LogP contribution in [-0.4, -0.2) is 70.1 Å². The maximum Gasteiger partial charge on any atom is 0.191 e. The second-order valence-electron chi connectivity index (χ2n) is 8.09. The van der Waals surface area contributed by atoms with Crippen LogP contribution in [0.1, 0.15) is 37.8 Å². The number of halogens is 1. The smallest absolute Gasteiger partial charge is 0.191 e. The molecule has 0 bridgehead atoms. The minimum absolute atomic E-state index is 0.210. The first-order chi connectivity index (χ1) is 15.2. The van der Waals surface area contributed by atoms with Crippen LogP contribution in [0.5, 0.6) is 5.75 Å². The van der Waals surface area contributed by atoms with E-state index >= 15 is 0 Å². The van der Waals surface area contributed by atoms with Gasteiger partial charge >= 0.3 is 0 Å². The van der Waals surface area contributed by atoms with Gasteiger partial charge in [0, 0.05) is 44.8 Å². The number of hydrogen-bond donors (Lipinski definition) is 2. The van der Waals surface area contributed by atoms with Gasteiger partial charge in [-0.3, -0.25) is 9.89 Å². The number of benzene rings is 1. The van der Waals surface area contributed by atoms with E-state index in [0.717, 1.165) is 68.5 Å². The van der Waals surface area contributed by atoms with E-state index in [-0.39, 0.29) is 12.6 Å². The highest BCUT2D eigenvalue weighted by atomic mass is 19.1. The van der Waals surface area contributed by atoms with Gasteiger partial charge in [0.2, 0.25) is 0 Å². The number of hydrogen-bond acceptors (Lipinski definition) is 5. The lowest BCUT2D eigenvalue weighted by Crippen LogP contribution is -2.53. The topological polar surface area (TPSA) is 67.4 Å². The van der Waals surface area contributed by atoms with Gasteiger partial charge in [-0.05, 0) is 30.0 Å². The van der Waals surface area contributed by atoms with Crippen molar-refractivity contribution in [2.24, 2.45) is 10.9 Å². The Morgan fingerprint density at radius 2 is 1.94 bits per heavy atom. The molecule has 0 radical (unpaired) electrons. The summed E-state index contributed by atoms with van der Waals surface area (Å²) in [5.74, 6) is 1.88. The summed E-state index contributed by atoms with van der Waals surface area (Å²) in [6, 6.07) is 3.47. The number of rotatable bonds is 9. The summed E-state index contributed by atoms with van der Waals surface area (Å²) in [4.78, 5) is 6.92. The number of fused-ring (bicyclic) bond motifs is 1. The Hall–Kier alpha value is -1.90. The SMILES string of the molecule is CCC(CC)C(CNC(=NC)NCCc1cc(F)cc2c1OCOC2)N1CCOCC1. The molecule has 0 saturated carbocycles. The summed E-state index contributed by atoms with van der Waals surface area (Å²) in [5.41, 5.74) is 1.62. The third kappa shape index (κ3) is 6.54. The lowest BCUT2D eigenvalue weighted by Gasteiger charge is -2.39. The van der Waals surface area contributed by atoms with E-state index in [9.17, 15) is 4.39 Å². The van der Waals surface area contributed by atoms with Crippen LogP contribution >= 0.6 is 0 Å². The lowest BCUT2D eigenvalue weighted by molar-refractivity contribution is -0.0172. The predicted octanol–water partition coefficient (Wildman–Crippen LogP) is 2.54. The monoisotopic (exact) mass is 436 g/mol. The second-order valence-corrected chi connectivity index (χ2v) is 8.09. The maximum atomic E-state index is 14.0. The highest BCUT2D eigenvalue weighted by Gasteiger charge is 2.27. The molecule has 1 unspecified atom stereocenters. The third-order valence-corrected chi connectivity index (χ3v) is 6.25. The fourth-order valence-corrected chi connectivity index (χ4v) is 4.52. The summed E-state index contributed by atoms with van der Waals surface area (Å²) in [6.45, 7) is 10.1. The van der Waals surface area contributed by atoms with Crippen LogP contribution in [0, 0.1) is 11.7 Å². The van der Waals surface area contributed by atoms with Crippen LogP contribution in [-0.2, 0) is 22.5 Å². The molecular weight excluding hydrogens is 399 g/mol. The van der Waals surface area contributed by atoms with Gasteiger partial charge in [-0.25, -0.2) is 4.39 Å². The zero-order valence-corrected chi connectivity index (χ0v) is 19.1. The molecule has 1 saturated heterocycles. The molecule has 1 aromatic rings. The first-order valence-corrected chi connectivity index (χ1v) is 11.4. The molecular formula is C23H37FN4O3. The van der Waals surface area contributed by atoms with Crippen molar-refractivity contribution in [1.29, 1.82) is 0 Å². The molecule has 2 N–H and O–H groups in total. The number of nitrogens with one attached hydrogen (secondary N) is 2. The maximum absolute atomic E-state index is 14.0. The summed E-state index contributed by atoms with van der Waals surface area (Å²) in [7, 11) is 1.78. The van der Waals surface area contributed by atoms with Crippen LogP contribution in [0.15, 0.2) is 17.1 Å². The van der Waals surface area contributed by atoms with Crippen LogP contribution in [0.3, 0.4) is 0 Å². The number of aliphatic imine (C=N–C) groups is 1. The quantitative estimate of drug-likeness (QED) is 0.458. The molecule has 7 nitrogen and oxygen atoms in total. The highest BCUT2D eigenvalue weighted by Crippen LogP contribution is 2.29. The van der Waals surface area contributed by atoms with E-state index in [1.807, 2.05) is 0 Å². The Morgan fingerprint density at radius 1 is 1.16 bits per heavy atom. The van der Waals surface area contributed by atoms with E-state index in [2.05, 4.69) is 34.4 Å². The van der Waals surface area contributed by atoms with Crippen molar-refractivity contribution < 1.29 is 18.6 Å². The fourth-order valence-electron chi connectivity index (χ4n) is 4.52. The average Bonchev–Trinajstić information content (AvgIpc) is 2.80. The molecule has 2 heterocycles. The van der Waals surface area contributed by atoms with Gasteiger partial charge in [0.1, 0.15) is 11.6 Å². The van der Waals surface area contributed by atoms with Crippen molar-refractivity contribution in [3.63, 3.8) is 0 Å². The standard InChI is InChI=1S/C23H37FN4O3/c1-4-17(5-2)21(28-8-10-29-11-9-28)14-27-23(25-3)26-7-6-18-12-20(24)13-19-15-30-16-31-22(18)19/h12-13,17,21H,4-11,14-16H2,1-3H3,(H2,25,26,27). The summed E-state index contributed by atoms with van der Waals surface area (Å²) in [5, 5.41) is 6.87. The zero-order chi connectivity index (χ0) is 22.1. The molecule has 1 atom stereocenters. The highest BCUT2D eigenvalue weighted by molar-refractivity contribution is 5.79. The predicted molar refractivity (Wildman–Crippen MR) is 120 cm³/mol. The van der Waals surface area contributed by atoms with Gasteiger partial charge in [-0.15, -0.1) is 0 Å². The van der Waals surface area contributed by atoms with Crippen molar-refractivity contribution in [3.05, 3.63) is 29.1 Å². The Bertz CT molecular complexity index is 721. The van der Waals surface area contributed by atoms with E-state index < -0.39 is 0 Å². The molecule has 1 aromatic carbocycles. The van der Waals surface area contributed by atoms with Crippen molar-refractivity contribution in [1.82, 2.24) is 15.5 Å². The molecule has 3 rings (SSSR count). The van der Waals surface area contributed by atoms with Crippen LogP contribution in [0.4, 0.5) is 4.39 Å². The first kappa shape index (κ1) is 23.8. The van der Waals surface area contributed by atoms with Crippen molar-refractivity contribution >= 4 is 5.96 Å². The van der Waals surface area contributed by atoms with Crippen molar-refractivity contribution in [3.8, 4) is 5.75 Å². The third-order valence-electron chi connectivity index (χ3n) is 6.25. The summed E-state index contributed by atoms with van der Waals surface area (Å²) < 4.78 is 30.4. The van der Waals surface area contributed by atoms with E-state index in [4.69, 9.17) is 14.2 Å². The molecule has 0 amide bonds. The normalized spacial score (nSPS) is 18.4. The number of morpholine rings is 1. The molecule has 0 spiro atoms.